The van der Waals surface area contributed by atoms with Crippen molar-refractivity contribution < 1.29 is 28.6 Å². The van der Waals surface area contributed by atoms with Gasteiger partial charge in [-0.2, -0.15) is 0 Å². The van der Waals surface area contributed by atoms with Gasteiger partial charge in [0.15, 0.2) is 6.10 Å². The van der Waals surface area contributed by atoms with Crippen LogP contribution in [0.3, 0.4) is 0 Å². The van der Waals surface area contributed by atoms with Crippen molar-refractivity contribution in [3.8, 4) is 0 Å². The van der Waals surface area contributed by atoms with Gasteiger partial charge in [0, 0.05) is 19.3 Å². The van der Waals surface area contributed by atoms with E-state index in [9.17, 15) is 14.4 Å². The lowest BCUT2D eigenvalue weighted by Gasteiger charge is -2.18. The van der Waals surface area contributed by atoms with Gasteiger partial charge in [-0.25, -0.2) is 0 Å². The summed E-state index contributed by atoms with van der Waals surface area (Å²) in [6.45, 7) is 11.5. The summed E-state index contributed by atoms with van der Waals surface area (Å²) in [6.07, 6.45) is 62.4. The zero-order valence-corrected chi connectivity index (χ0v) is 48.2. The third-order valence-electron chi connectivity index (χ3n) is 14.7. The second-order valence-electron chi connectivity index (χ2n) is 23.0. The fourth-order valence-electron chi connectivity index (χ4n) is 9.93. The molecule has 0 saturated carbocycles. The highest BCUT2D eigenvalue weighted by atomic mass is 16.6. The van der Waals surface area contributed by atoms with Gasteiger partial charge >= 0.3 is 17.9 Å². The Bertz CT molecular complexity index is 1070. The summed E-state index contributed by atoms with van der Waals surface area (Å²) < 4.78 is 17.0. The second kappa shape index (κ2) is 56.7. The predicted molar refractivity (Wildman–Crippen MR) is 303 cm³/mol. The number of carbonyl (C=O) groups is 3. The van der Waals surface area contributed by atoms with Crippen LogP contribution in [0.2, 0.25) is 0 Å². The Morgan fingerprint density at radius 3 is 0.700 bits per heavy atom. The first kappa shape index (κ1) is 68.4. The Hall–Kier alpha value is -1.59. The molecule has 0 spiro atoms. The van der Waals surface area contributed by atoms with Gasteiger partial charge in [-0.15, -0.1) is 0 Å². The van der Waals surface area contributed by atoms with E-state index in [1.165, 1.54) is 250 Å². The minimum Gasteiger partial charge on any atom is -0.462 e. The zero-order chi connectivity index (χ0) is 51.1. The molecule has 0 aliphatic rings. The van der Waals surface area contributed by atoms with Crippen LogP contribution >= 0.6 is 0 Å². The first-order valence-corrected chi connectivity index (χ1v) is 31.7. The Balaban J connectivity index is 4.29. The minimum atomic E-state index is -0.763. The van der Waals surface area contributed by atoms with Crippen LogP contribution in [0.5, 0.6) is 0 Å². The molecule has 0 saturated heterocycles. The SMILES string of the molecule is CCCCCCCCCCCCCCCCCCCC(=O)O[C@@H](COC(=O)CCCCCCCCCCCCCCCCCC(C)C)COC(=O)CCCCCCCCCCCCCCCCC(C)C. The molecule has 6 nitrogen and oxygen atoms in total. The molecule has 0 N–H and O–H groups in total. The molecular weight excluding hydrogens is 865 g/mol. The van der Waals surface area contributed by atoms with Crippen LogP contribution in [-0.2, 0) is 28.6 Å². The number of hydrogen-bond acceptors (Lipinski definition) is 6. The van der Waals surface area contributed by atoms with E-state index in [0.29, 0.717) is 19.3 Å². The lowest BCUT2D eigenvalue weighted by Crippen LogP contribution is -2.30. The van der Waals surface area contributed by atoms with Crippen LogP contribution in [0, 0.1) is 11.8 Å². The highest BCUT2D eigenvalue weighted by Crippen LogP contribution is 2.19. The fraction of sp³-hybridized carbons (Fsp3) is 0.953. The second-order valence-corrected chi connectivity index (χ2v) is 23.0. The third-order valence-corrected chi connectivity index (χ3v) is 14.7. The highest BCUT2D eigenvalue weighted by molar-refractivity contribution is 5.71. The summed E-state index contributed by atoms with van der Waals surface area (Å²) in [4.78, 5) is 38.3. The number of ether oxygens (including phenoxy) is 3. The average molecular weight is 990 g/mol. The lowest BCUT2D eigenvalue weighted by atomic mass is 10.0. The highest BCUT2D eigenvalue weighted by Gasteiger charge is 2.19. The molecule has 0 aliphatic heterocycles. The molecule has 0 radical (unpaired) electrons. The van der Waals surface area contributed by atoms with Crippen molar-refractivity contribution in [2.75, 3.05) is 13.2 Å². The molecule has 0 aromatic rings. The van der Waals surface area contributed by atoms with E-state index in [1.807, 2.05) is 0 Å². The molecule has 0 aromatic carbocycles. The van der Waals surface area contributed by atoms with Gasteiger partial charge in [0.1, 0.15) is 13.2 Å². The molecule has 6 heteroatoms. The van der Waals surface area contributed by atoms with Crippen molar-refractivity contribution in [2.24, 2.45) is 11.8 Å². The fourth-order valence-corrected chi connectivity index (χ4v) is 9.93. The summed E-state index contributed by atoms with van der Waals surface area (Å²) in [5.74, 6) is 0.863. The summed E-state index contributed by atoms with van der Waals surface area (Å²) in [6, 6.07) is 0. The molecule has 0 bridgehead atoms. The largest absolute Gasteiger partial charge is 0.462 e. The lowest BCUT2D eigenvalue weighted by molar-refractivity contribution is -0.167. The van der Waals surface area contributed by atoms with Gasteiger partial charge in [-0.05, 0) is 31.1 Å². The van der Waals surface area contributed by atoms with E-state index in [4.69, 9.17) is 14.2 Å². The predicted octanol–water partition coefficient (Wildman–Crippen LogP) is 21.2. The smallest absolute Gasteiger partial charge is 0.306 e. The summed E-state index contributed by atoms with van der Waals surface area (Å²) in [5.41, 5.74) is 0. The normalized spacial score (nSPS) is 12.0. The van der Waals surface area contributed by atoms with Crippen LogP contribution < -0.4 is 0 Å². The minimum absolute atomic E-state index is 0.0619. The Labute approximate surface area is 438 Å². The Morgan fingerprint density at radius 1 is 0.271 bits per heavy atom. The van der Waals surface area contributed by atoms with Crippen LogP contribution in [0.4, 0.5) is 0 Å². The van der Waals surface area contributed by atoms with E-state index in [2.05, 4.69) is 34.6 Å². The molecule has 0 aromatic heterocycles. The Kier molecular flexibility index (Phi) is 55.4. The van der Waals surface area contributed by atoms with Gasteiger partial charge in [-0.3, -0.25) is 14.4 Å². The number of unbranched alkanes of at least 4 members (excludes halogenated alkanes) is 43. The van der Waals surface area contributed by atoms with Crippen molar-refractivity contribution in [2.45, 2.75) is 368 Å². The molecule has 1 atom stereocenters. The van der Waals surface area contributed by atoms with E-state index in [-0.39, 0.29) is 31.1 Å². The van der Waals surface area contributed by atoms with E-state index >= 15 is 0 Å². The maximum atomic E-state index is 12.9. The van der Waals surface area contributed by atoms with Crippen LogP contribution in [0.1, 0.15) is 362 Å². The van der Waals surface area contributed by atoms with Crippen molar-refractivity contribution in [3.63, 3.8) is 0 Å². The first-order chi connectivity index (χ1) is 34.2. The van der Waals surface area contributed by atoms with Crippen LogP contribution in [0.15, 0.2) is 0 Å². The van der Waals surface area contributed by atoms with Gasteiger partial charge < -0.3 is 14.2 Å². The molecule has 0 fully saturated rings. The summed E-state index contributed by atoms with van der Waals surface area (Å²) in [5, 5.41) is 0. The first-order valence-electron chi connectivity index (χ1n) is 31.7. The number of hydrogen-bond donors (Lipinski definition) is 0. The Morgan fingerprint density at radius 2 is 0.471 bits per heavy atom. The van der Waals surface area contributed by atoms with E-state index in [0.717, 1.165) is 69.6 Å². The van der Waals surface area contributed by atoms with Crippen molar-refractivity contribution in [3.05, 3.63) is 0 Å². The van der Waals surface area contributed by atoms with Gasteiger partial charge in [0.05, 0.1) is 0 Å². The molecule has 0 aliphatic carbocycles. The van der Waals surface area contributed by atoms with E-state index in [1.54, 1.807) is 0 Å². The van der Waals surface area contributed by atoms with Crippen LogP contribution in [-0.4, -0.2) is 37.2 Å². The topological polar surface area (TPSA) is 78.9 Å². The van der Waals surface area contributed by atoms with Crippen molar-refractivity contribution in [1.82, 2.24) is 0 Å². The zero-order valence-electron chi connectivity index (χ0n) is 48.2. The van der Waals surface area contributed by atoms with Gasteiger partial charge in [0.2, 0.25) is 0 Å². The standard InChI is InChI=1S/C64H124O6/c1-6-7-8-9-10-11-12-13-14-15-18-26-31-36-41-46-51-56-64(67)70-61(58-69-63(66)55-50-45-40-35-30-25-21-20-23-28-33-38-43-48-53-60(4)5)57-68-62(65)54-49-44-39-34-29-24-19-16-17-22-27-32-37-42-47-52-59(2)3/h59-61H,6-58H2,1-5H3/t61-/m0/s1. The molecular formula is C64H124O6. The molecule has 0 amide bonds. The molecule has 70 heavy (non-hydrogen) atoms. The third kappa shape index (κ3) is 57.3. The molecule has 0 rings (SSSR count). The number of esters is 3. The summed E-state index contributed by atoms with van der Waals surface area (Å²) >= 11 is 0. The summed E-state index contributed by atoms with van der Waals surface area (Å²) in [7, 11) is 0. The number of rotatable bonds is 58. The molecule has 0 heterocycles. The maximum absolute atomic E-state index is 12.9. The molecule has 0 unspecified atom stereocenters. The van der Waals surface area contributed by atoms with Crippen molar-refractivity contribution in [1.29, 1.82) is 0 Å². The van der Waals surface area contributed by atoms with Gasteiger partial charge in [-0.1, -0.05) is 324 Å². The average Bonchev–Trinajstić information content (AvgIpc) is 3.33. The molecule has 416 valence electrons. The van der Waals surface area contributed by atoms with Gasteiger partial charge in [0.25, 0.3) is 0 Å². The number of carbonyl (C=O) groups excluding carboxylic acids is 3. The quantitative estimate of drug-likeness (QED) is 0.0343. The monoisotopic (exact) mass is 989 g/mol. The van der Waals surface area contributed by atoms with E-state index < -0.39 is 6.10 Å². The van der Waals surface area contributed by atoms with Crippen LogP contribution in [0.25, 0.3) is 0 Å². The van der Waals surface area contributed by atoms with Crippen molar-refractivity contribution >= 4 is 17.9 Å². The maximum Gasteiger partial charge on any atom is 0.306 e.